The Morgan fingerprint density at radius 2 is 1.73 bits per heavy atom. The number of nitrogens with zero attached hydrogens (tertiary/aromatic N) is 1. The Labute approximate surface area is 230 Å². The number of carboxylic acid groups (broad SMARTS) is 1. The number of carbonyl (C=O) groups excluding carboxylic acids is 4. The van der Waals surface area contributed by atoms with Crippen LogP contribution in [-0.2, 0) is 33.4 Å². The van der Waals surface area contributed by atoms with Crippen LogP contribution in [0.5, 0.6) is 0 Å². The third-order valence-electron chi connectivity index (χ3n) is 6.26. The van der Waals surface area contributed by atoms with E-state index in [4.69, 9.17) is 26.0 Å². The van der Waals surface area contributed by atoms with Gasteiger partial charge in [-0.2, -0.15) is 0 Å². The van der Waals surface area contributed by atoms with Gasteiger partial charge in [0.2, 0.25) is 23.6 Å². The number of carboxylic acids is 1. The molecule has 0 radical (unpaired) electrons. The number of rotatable bonds is 15. The van der Waals surface area contributed by atoms with Gasteiger partial charge in [-0.3, -0.25) is 24.0 Å². The maximum absolute atomic E-state index is 13.4. The summed E-state index contributed by atoms with van der Waals surface area (Å²) in [6.07, 6.45) is -9.07. The molecular formula is C23H41N5O12. The zero-order chi connectivity index (χ0) is 30.9. The first kappa shape index (κ1) is 35.1. The standard InChI is InChI=1S/C23H41N5O12/c1-9(39-19-17(27-12(4)31)23(38)40-14(8-29)18(19)34)7-28(13(20(25)35)5-6-15(32)33)22(37)10(2)26-21(36)16(24)11(3)30/h9-11,13-14,16-19,23,29-30,34,38H,5-8,24H2,1-4H3,(H2,25,35)(H,26,36)(H,27,31)(H,32,33)/t9?,10-,11+,13+,14+,16-,17+,18+,19+,23-/m0/s1. The quantitative estimate of drug-likeness (QED) is 0.0880. The zero-order valence-electron chi connectivity index (χ0n) is 22.8. The molecule has 10 atom stereocenters. The molecule has 0 spiro atoms. The van der Waals surface area contributed by atoms with Crippen molar-refractivity contribution in [3.63, 3.8) is 0 Å². The second kappa shape index (κ2) is 15.8. The van der Waals surface area contributed by atoms with Gasteiger partial charge in [-0.1, -0.05) is 0 Å². The van der Waals surface area contributed by atoms with Crippen LogP contribution in [0, 0.1) is 0 Å². The highest BCUT2D eigenvalue weighted by Crippen LogP contribution is 2.24. The Balaban J connectivity index is 3.28. The smallest absolute Gasteiger partial charge is 0.303 e. The third-order valence-corrected chi connectivity index (χ3v) is 6.26. The van der Waals surface area contributed by atoms with E-state index in [0.717, 1.165) is 11.8 Å². The van der Waals surface area contributed by atoms with Crippen molar-refractivity contribution in [1.29, 1.82) is 0 Å². The van der Waals surface area contributed by atoms with Gasteiger partial charge in [-0.05, 0) is 27.2 Å². The molecule has 1 aliphatic heterocycles. The number of aliphatic carboxylic acids is 1. The molecule has 0 aromatic heterocycles. The van der Waals surface area contributed by atoms with Gasteiger partial charge in [0.15, 0.2) is 6.29 Å². The fraction of sp³-hybridized carbons (Fsp3) is 0.783. The first-order valence-corrected chi connectivity index (χ1v) is 12.6. The first-order chi connectivity index (χ1) is 18.5. The van der Waals surface area contributed by atoms with Crippen LogP contribution in [0.1, 0.15) is 40.5 Å². The number of nitrogens with two attached hydrogens (primary N) is 2. The van der Waals surface area contributed by atoms with E-state index in [9.17, 15) is 44.4 Å². The summed E-state index contributed by atoms with van der Waals surface area (Å²) < 4.78 is 11.0. The van der Waals surface area contributed by atoms with Gasteiger partial charge >= 0.3 is 5.97 Å². The molecule has 0 saturated carbocycles. The van der Waals surface area contributed by atoms with E-state index in [1.54, 1.807) is 0 Å². The van der Waals surface area contributed by atoms with E-state index in [2.05, 4.69) is 10.6 Å². The molecule has 0 bridgehead atoms. The fourth-order valence-electron chi connectivity index (χ4n) is 4.14. The summed E-state index contributed by atoms with van der Waals surface area (Å²) in [6.45, 7) is 4.00. The Morgan fingerprint density at radius 1 is 1.12 bits per heavy atom. The molecule has 1 saturated heterocycles. The van der Waals surface area contributed by atoms with Gasteiger partial charge in [0.25, 0.3) is 0 Å². The Kier molecular flexibility index (Phi) is 13.8. The molecule has 1 heterocycles. The highest BCUT2D eigenvalue weighted by Gasteiger charge is 2.46. The number of carbonyl (C=O) groups is 5. The fourth-order valence-corrected chi connectivity index (χ4v) is 4.14. The van der Waals surface area contributed by atoms with Crippen LogP contribution in [0.15, 0.2) is 0 Å². The number of amides is 4. The van der Waals surface area contributed by atoms with Crippen molar-refractivity contribution >= 4 is 29.6 Å². The number of aliphatic hydroxyl groups excluding tert-OH is 4. The van der Waals surface area contributed by atoms with Crippen molar-refractivity contribution in [2.24, 2.45) is 11.5 Å². The van der Waals surface area contributed by atoms with E-state index in [1.807, 2.05) is 0 Å². The maximum atomic E-state index is 13.4. The molecule has 0 aromatic carbocycles. The lowest BCUT2D eigenvalue weighted by Crippen LogP contribution is -2.65. The van der Waals surface area contributed by atoms with Crippen molar-refractivity contribution in [1.82, 2.24) is 15.5 Å². The molecule has 1 rings (SSSR count). The van der Waals surface area contributed by atoms with E-state index >= 15 is 0 Å². The minimum Gasteiger partial charge on any atom is -0.481 e. The Morgan fingerprint density at radius 3 is 2.20 bits per heavy atom. The van der Waals surface area contributed by atoms with Crippen molar-refractivity contribution in [2.75, 3.05) is 13.2 Å². The van der Waals surface area contributed by atoms with E-state index in [-0.39, 0.29) is 6.42 Å². The van der Waals surface area contributed by atoms with E-state index in [1.165, 1.54) is 20.8 Å². The minimum atomic E-state index is -1.68. The van der Waals surface area contributed by atoms with Gasteiger partial charge in [-0.15, -0.1) is 0 Å². The van der Waals surface area contributed by atoms with Crippen LogP contribution < -0.4 is 22.1 Å². The molecular weight excluding hydrogens is 538 g/mol. The number of primary amides is 1. The lowest BCUT2D eigenvalue weighted by atomic mass is 9.96. The topological polar surface area (TPSA) is 284 Å². The highest BCUT2D eigenvalue weighted by atomic mass is 16.6. The molecule has 1 unspecified atom stereocenters. The predicted molar refractivity (Wildman–Crippen MR) is 135 cm³/mol. The number of hydrogen-bond donors (Lipinski definition) is 9. The molecule has 17 heteroatoms. The van der Waals surface area contributed by atoms with Gasteiger partial charge < -0.3 is 62.0 Å². The average Bonchev–Trinajstić information content (AvgIpc) is 2.85. The summed E-state index contributed by atoms with van der Waals surface area (Å²) >= 11 is 0. The van der Waals surface area contributed by atoms with Gasteiger partial charge in [0.05, 0.1) is 18.8 Å². The van der Waals surface area contributed by atoms with Gasteiger partial charge in [0, 0.05) is 19.9 Å². The minimum absolute atomic E-state index is 0.378. The van der Waals surface area contributed by atoms with Crippen LogP contribution in [0.4, 0.5) is 0 Å². The molecule has 230 valence electrons. The monoisotopic (exact) mass is 579 g/mol. The first-order valence-electron chi connectivity index (χ1n) is 12.6. The van der Waals surface area contributed by atoms with Crippen molar-refractivity contribution in [2.45, 2.75) is 102 Å². The second-order valence-electron chi connectivity index (χ2n) is 9.71. The Hall–Kier alpha value is -2.93. The predicted octanol–water partition coefficient (Wildman–Crippen LogP) is -4.90. The number of aliphatic hydroxyl groups is 4. The van der Waals surface area contributed by atoms with Crippen molar-refractivity contribution < 1.29 is 59.0 Å². The molecule has 4 amide bonds. The number of ether oxygens (including phenoxy) is 2. The van der Waals surface area contributed by atoms with Crippen LogP contribution in [0.3, 0.4) is 0 Å². The Bertz CT molecular complexity index is 905. The van der Waals surface area contributed by atoms with Crippen molar-refractivity contribution in [3.8, 4) is 0 Å². The summed E-state index contributed by atoms with van der Waals surface area (Å²) in [7, 11) is 0. The third kappa shape index (κ3) is 9.92. The molecule has 11 N–H and O–H groups in total. The molecule has 0 aliphatic carbocycles. The van der Waals surface area contributed by atoms with Crippen LogP contribution in [-0.4, -0.2) is 134 Å². The molecule has 40 heavy (non-hydrogen) atoms. The SMILES string of the molecule is CC(=O)N[C@@H]1[C@@H](OC(C)CN(C(=O)[C@H](C)NC(=O)[C@@H](N)[C@@H](C)O)[C@H](CCC(=O)O)C(N)=O)[C@H](O)[C@@H](CO)O[C@@H]1O. The van der Waals surface area contributed by atoms with Crippen LogP contribution in [0.2, 0.25) is 0 Å². The summed E-state index contributed by atoms with van der Waals surface area (Å²) in [6, 6.07) is -5.42. The maximum Gasteiger partial charge on any atom is 0.303 e. The van der Waals surface area contributed by atoms with Gasteiger partial charge in [0.1, 0.15) is 42.5 Å². The lowest BCUT2D eigenvalue weighted by Gasteiger charge is -2.44. The zero-order valence-corrected chi connectivity index (χ0v) is 22.8. The van der Waals surface area contributed by atoms with E-state index in [0.29, 0.717) is 0 Å². The summed E-state index contributed by atoms with van der Waals surface area (Å²) in [5.41, 5.74) is 11.1. The van der Waals surface area contributed by atoms with Crippen LogP contribution in [0.25, 0.3) is 0 Å². The molecule has 0 aromatic rings. The second-order valence-corrected chi connectivity index (χ2v) is 9.71. The van der Waals surface area contributed by atoms with Crippen LogP contribution >= 0.6 is 0 Å². The average molecular weight is 580 g/mol. The highest BCUT2D eigenvalue weighted by molar-refractivity contribution is 5.92. The number of hydrogen-bond acceptors (Lipinski definition) is 12. The normalized spacial score (nSPS) is 26.5. The summed E-state index contributed by atoms with van der Waals surface area (Å²) in [4.78, 5) is 61.8. The molecule has 1 fully saturated rings. The lowest BCUT2D eigenvalue weighted by molar-refractivity contribution is -0.268. The van der Waals surface area contributed by atoms with Crippen molar-refractivity contribution in [3.05, 3.63) is 0 Å². The van der Waals surface area contributed by atoms with E-state index < -0.39 is 110 Å². The molecule has 1 aliphatic rings. The largest absolute Gasteiger partial charge is 0.481 e. The van der Waals surface area contributed by atoms with Gasteiger partial charge in [-0.25, -0.2) is 0 Å². The summed E-state index contributed by atoms with van der Waals surface area (Å²) in [5, 5.41) is 53.9. The summed E-state index contributed by atoms with van der Waals surface area (Å²) in [5.74, 6) is -4.63. The number of nitrogens with one attached hydrogen (secondary N) is 2. The molecule has 17 nitrogen and oxygen atoms in total.